The van der Waals surface area contributed by atoms with Crippen molar-refractivity contribution in [1.82, 2.24) is 13.7 Å². The van der Waals surface area contributed by atoms with E-state index in [1.165, 1.54) is 4.31 Å². The van der Waals surface area contributed by atoms with Crippen molar-refractivity contribution in [3.63, 3.8) is 0 Å². The number of hydrogen-bond acceptors (Lipinski definition) is 6. The first-order valence-corrected chi connectivity index (χ1v) is 11.6. The number of aromatic nitrogens is 2. The molecule has 8 nitrogen and oxygen atoms in total. The first-order valence-electron chi connectivity index (χ1n) is 10.2. The summed E-state index contributed by atoms with van der Waals surface area (Å²) in [5.41, 5.74) is 3.47. The van der Waals surface area contributed by atoms with Crippen LogP contribution in [0.25, 0.3) is 5.65 Å². The third-order valence-electron chi connectivity index (χ3n) is 5.26. The molecule has 31 heavy (non-hydrogen) atoms. The Morgan fingerprint density at radius 1 is 1.16 bits per heavy atom. The van der Waals surface area contributed by atoms with Crippen LogP contribution in [0.5, 0.6) is 0 Å². The highest BCUT2D eigenvalue weighted by atomic mass is 32.2. The molecule has 0 N–H and O–H groups in total. The van der Waals surface area contributed by atoms with Gasteiger partial charge >= 0.3 is 5.97 Å². The summed E-state index contributed by atoms with van der Waals surface area (Å²) in [5.74, 6) is -0.321. The van der Waals surface area contributed by atoms with Gasteiger partial charge in [0.2, 0.25) is 10.0 Å². The van der Waals surface area contributed by atoms with E-state index in [4.69, 9.17) is 9.47 Å². The van der Waals surface area contributed by atoms with Gasteiger partial charge in [-0.15, -0.1) is 0 Å². The number of nitrogens with zero attached hydrogens (tertiary/aromatic N) is 3. The van der Waals surface area contributed by atoms with Gasteiger partial charge in [0.25, 0.3) is 0 Å². The van der Waals surface area contributed by atoms with Crippen molar-refractivity contribution in [1.29, 1.82) is 0 Å². The predicted octanol–water partition coefficient (Wildman–Crippen LogP) is 2.34. The van der Waals surface area contributed by atoms with Crippen molar-refractivity contribution in [3.8, 4) is 0 Å². The Balaban J connectivity index is 1.29. The van der Waals surface area contributed by atoms with E-state index in [1.807, 2.05) is 35.9 Å². The molecular weight excluding hydrogens is 418 g/mol. The molecule has 0 spiro atoms. The minimum atomic E-state index is -3.51. The van der Waals surface area contributed by atoms with Crippen molar-refractivity contribution in [3.05, 3.63) is 65.6 Å². The molecule has 1 saturated heterocycles. The summed E-state index contributed by atoms with van der Waals surface area (Å²) in [6.07, 6.45) is 4.44. The van der Waals surface area contributed by atoms with Gasteiger partial charge in [0.15, 0.2) is 0 Å². The summed E-state index contributed by atoms with van der Waals surface area (Å²) in [4.78, 5) is 16.9. The van der Waals surface area contributed by atoms with Gasteiger partial charge in [-0.05, 0) is 42.7 Å². The van der Waals surface area contributed by atoms with Crippen LogP contribution in [0.4, 0.5) is 0 Å². The summed E-state index contributed by atoms with van der Waals surface area (Å²) in [7, 11) is -3.51. The minimum Gasteiger partial charge on any atom is -0.459 e. The Kier molecular flexibility index (Phi) is 6.35. The van der Waals surface area contributed by atoms with E-state index < -0.39 is 10.0 Å². The van der Waals surface area contributed by atoms with E-state index in [2.05, 4.69) is 4.98 Å². The zero-order chi connectivity index (χ0) is 21.8. The van der Waals surface area contributed by atoms with Crippen LogP contribution in [0.15, 0.2) is 53.7 Å². The lowest BCUT2D eigenvalue weighted by Crippen LogP contribution is -2.40. The van der Waals surface area contributed by atoms with Gasteiger partial charge in [-0.1, -0.05) is 18.2 Å². The Morgan fingerprint density at radius 3 is 2.61 bits per heavy atom. The summed E-state index contributed by atoms with van der Waals surface area (Å²) in [5, 5.41) is 0. The zero-order valence-electron chi connectivity index (χ0n) is 17.4. The number of fused-ring (bicyclic) bond motifs is 1. The lowest BCUT2D eigenvalue weighted by molar-refractivity contribution is -0.145. The number of carbonyl (C=O) groups excluding carboxylic acids is 1. The maximum atomic E-state index is 12.7. The number of hydrogen-bond donors (Lipinski definition) is 0. The predicted molar refractivity (Wildman–Crippen MR) is 114 cm³/mol. The van der Waals surface area contributed by atoms with Crippen LogP contribution in [-0.2, 0) is 37.3 Å². The summed E-state index contributed by atoms with van der Waals surface area (Å²) >= 11 is 0. The molecule has 0 unspecified atom stereocenters. The Bertz CT molecular complexity index is 1170. The topological polar surface area (TPSA) is 90.2 Å². The first-order chi connectivity index (χ1) is 14.9. The summed E-state index contributed by atoms with van der Waals surface area (Å²) < 4.78 is 39.2. The molecular formula is C22H25N3O5S. The van der Waals surface area contributed by atoms with Gasteiger partial charge in [-0.2, -0.15) is 4.31 Å². The number of benzene rings is 1. The van der Waals surface area contributed by atoms with Gasteiger partial charge in [-0.25, -0.2) is 13.4 Å². The van der Waals surface area contributed by atoms with Crippen LogP contribution in [0.1, 0.15) is 23.2 Å². The third-order valence-corrected chi connectivity index (χ3v) is 7.17. The van der Waals surface area contributed by atoms with Gasteiger partial charge in [0.05, 0.1) is 23.8 Å². The van der Waals surface area contributed by atoms with E-state index in [0.29, 0.717) is 38.4 Å². The molecule has 0 amide bonds. The number of carbonyl (C=O) groups is 1. The SMILES string of the molecule is Cc1cccn2cc(COC(=O)CCc3ccc(S(=O)(=O)N4CCOCC4)cc3)nc12. The van der Waals surface area contributed by atoms with Crippen molar-refractivity contribution < 1.29 is 22.7 Å². The van der Waals surface area contributed by atoms with Crippen molar-refractivity contribution in [2.75, 3.05) is 26.3 Å². The normalized spacial score (nSPS) is 15.3. The lowest BCUT2D eigenvalue weighted by atomic mass is 10.1. The fraction of sp³-hybridized carbons (Fsp3) is 0.364. The second-order valence-corrected chi connectivity index (χ2v) is 9.41. The zero-order valence-corrected chi connectivity index (χ0v) is 18.2. The molecule has 164 valence electrons. The fourth-order valence-electron chi connectivity index (χ4n) is 3.51. The maximum Gasteiger partial charge on any atom is 0.306 e. The van der Waals surface area contributed by atoms with Crippen LogP contribution in [0, 0.1) is 6.92 Å². The second-order valence-electron chi connectivity index (χ2n) is 7.48. The van der Waals surface area contributed by atoms with Gasteiger partial charge in [-0.3, -0.25) is 4.79 Å². The highest BCUT2D eigenvalue weighted by molar-refractivity contribution is 7.89. The molecule has 1 aromatic carbocycles. The highest BCUT2D eigenvalue weighted by Gasteiger charge is 2.26. The maximum absolute atomic E-state index is 12.7. The van der Waals surface area contributed by atoms with Crippen LogP contribution < -0.4 is 0 Å². The smallest absolute Gasteiger partial charge is 0.306 e. The van der Waals surface area contributed by atoms with Crippen molar-refractivity contribution >= 4 is 21.6 Å². The largest absolute Gasteiger partial charge is 0.459 e. The Labute approximate surface area is 181 Å². The monoisotopic (exact) mass is 443 g/mol. The third kappa shape index (κ3) is 4.95. The molecule has 1 aliphatic heterocycles. The minimum absolute atomic E-state index is 0.122. The van der Waals surface area contributed by atoms with Crippen molar-refractivity contribution in [2.45, 2.75) is 31.3 Å². The summed E-state index contributed by atoms with van der Waals surface area (Å²) in [6.45, 7) is 3.65. The average Bonchev–Trinajstić information content (AvgIpc) is 3.22. The van der Waals surface area contributed by atoms with E-state index in [-0.39, 0.29) is 23.9 Å². The standard InChI is InChI=1S/C22H25N3O5S/c1-17-3-2-10-24-15-19(23-22(17)24)16-30-21(26)9-6-18-4-7-20(8-5-18)31(27,28)25-11-13-29-14-12-25/h2-5,7-8,10,15H,6,9,11-14,16H2,1H3. The number of esters is 1. The number of rotatable bonds is 7. The quantitative estimate of drug-likeness (QED) is 0.521. The fourth-order valence-corrected chi connectivity index (χ4v) is 4.92. The van der Waals surface area contributed by atoms with E-state index in [9.17, 15) is 13.2 Å². The number of sulfonamides is 1. The molecule has 0 radical (unpaired) electrons. The molecule has 3 heterocycles. The lowest BCUT2D eigenvalue weighted by Gasteiger charge is -2.26. The Morgan fingerprint density at radius 2 is 1.90 bits per heavy atom. The molecule has 0 atom stereocenters. The second kappa shape index (κ2) is 9.17. The van der Waals surface area contributed by atoms with Crippen LogP contribution in [0.2, 0.25) is 0 Å². The first kappa shape index (κ1) is 21.5. The molecule has 1 aliphatic rings. The van der Waals surface area contributed by atoms with Crippen LogP contribution >= 0.6 is 0 Å². The Hall–Kier alpha value is -2.75. The van der Waals surface area contributed by atoms with Gasteiger partial charge < -0.3 is 13.9 Å². The number of aryl methyl sites for hydroxylation is 2. The molecule has 1 fully saturated rings. The highest BCUT2D eigenvalue weighted by Crippen LogP contribution is 2.18. The number of morpholine rings is 1. The molecule has 4 rings (SSSR count). The molecule has 2 aromatic heterocycles. The molecule has 3 aromatic rings. The molecule has 9 heteroatoms. The average molecular weight is 444 g/mol. The van der Waals surface area contributed by atoms with E-state index >= 15 is 0 Å². The van der Waals surface area contributed by atoms with Crippen molar-refractivity contribution in [2.24, 2.45) is 0 Å². The molecule has 0 saturated carbocycles. The molecule has 0 bridgehead atoms. The van der Waals surface area contributed by atoms with E-state index in [1.54, 1.807) is 24.3 Å². The number of ether oxygens (including phenoxy) is 2. The van der Waals surface area contributed by atoms with Crippen LogP contribution in [0.3, 0.4) is 0 Å². The van der Waals surface area contributed by atoms with Gasteiger partial charge in [0.1, 0.15) is 12.3 Å². The van der Waals surface area contributed by atoms with Crippen LogP contribution in [-0.4, -0.2) is 54.4 Å². The molecule has 0 aliphatic carbocycles. The van der Waals surface area contributed by atoms with E-state index in [0.717, 1.165) is 16.8 Å². The number of imidazole rings is 1. The number of pyridine rings is 1. The van der Waals surface area contributed by atoms with Gasteiger partial charge in [0, 0.05) is 31.9 Å². The summed E-state index contributed by atoms with van der Waals surface area (Å²) in [6, 6.07) is 10.6.